The highest BCUT2D eigenvalue weighted by Crippen LogP contribution is 2.40. The molecule has 0 aromatic heterocycles. The van der Waals surface area contributed by atoms with Crippen LogP contribution in [0.25, 0.3) is 0 Å². The minimum atomic E-state index is -1.07. The molecule has 1 aliphatic rings. The zero-order valence-corrected chi connectivity index (χ0v) is 8.71. The molecule has 3 nitrogen and oxygen atoms in total. The van der Waals surface area contributed by atoms with Gasteiger partial charge in [-0.3, -0.25) is 0 Å². The monoisotopic (exact) mass is 212 g/mol. The van der Waals surface area contributed by atoms with E-state index in [0.717, 1.165) is 0 Å². The first-order chi connectivity index (χ1) is 7.00. The fraction of sp³-hybridized carbons (Fsp3) is 0.455. The maximum Gasteiger partial charge on any atom is 0.197 e. The molecular weight excluding hydrogens is 199 g/mol. The third-order valence-electron chi connectivity index (χ3n) is 2.30. The number of hydrogen-bond acceptors (Lipinski definition) is 3. The van der Waals surface area contributed by atoms with Gasteiger partial charge in [-0.05, 0) is 26.0 Å². The molecule has 15 heavy (non-hydrogen) atoms. The molecular formula is C11H13FO3. The van der Waals surface area contributed by atoms with E-state index >= 15 is 0 Å². The number of rotatable bonds is 1. The van der Waals surface area contributed by atoms with Crippen molar-refractivity contribution in [1.29, 1.82) is 0 Å². The lowest BCUT2D eigenvalue weighted by molar-refractivity contribution is 0.0696. The molecule has 0 saturated carbocycles. The Kier molecular flexibility index (Phi) is 2.31. The SMILES string of the molecule is CC(C)(O)c1ccc(F)c2c1OCCO2. The molecule has 0 spiro atoms. The lowest BCUT2D eigenvalue weighted by Gasteiger charge is -2.26. The van der Waals surface area contributed by atoms with E-state index in [2.05, 4.69) is 0 Å². The van der Waals surface area contributed by atoms with E-state index in [0.29, 0.717) is 24.5 Å². The summed E-state index contributed by atoms with van der Waals surface area (Å²) in [5, 5.41) is 9.88. The smallest absolute Gasteiger partial charge is 0.197 e. The zero-order chi connectivity index (χ0) is 11.1. The molecule has 0 aliphatic carbocycles. The van der Waals surface area contributed by atoms with Crippen molar-refractivity contribution < 1.29 is 19.0 Å². The largest absolute Gasteiger partial charge is 0.486 e. The van der Waals surface area contributed by atoms with E-state index in [-0.39, 0.29) is 5.75 Å². The Labute approximate surface area is 87.4 Å². The van der Waals surface area contributed by atoms with Gasteiger partial charge in [-0.15, -0.1) is 0 Å². The van der Waals surface area contributed by atoms with E-state index in [1.54, 1.807) is 13.8 Å². The molecule has 82 valence electrons. The van der Waals surface area contributed by atoms with Gasteiger partial charge in [0.15, 0.2) is 17.3 Å². The fourth-order valence-electron chi connectivity index (χ4n) is 1.59. The molecule has 0 saturated heterocycles. The van der Waals surface area contributed by atoms with Gasteiger partial charge < -0.3 is 14.6 Å². The van der Waals surface area contributed by atoms with Crippen LogP contribution in [-0.2, 0) is 5.60 Å². The van der Waals surface area contributed by atoms with Crippen LogP contribution in [0.2, 0.25) is 0 Å². The van der Waals surface area contributed by atoms with Crippen molar-refractivity contribution in [2.45, 2.75) is 19.4 Å². The first-order valence-corrected chi connectivity index (χ1v) is 4.81. The topological polar surface area (TPSA) is 38.7 Å². The van der Waals surface area contributed by atoms with Gasteiger partial charge in [0.2, 0.25) is 0 Å². The lowest BCUT2D eigenvalue weighted by Crippen LogP contribution is -2.23. The summed E-state index contributed by atoms with van der Waals surface area (Å²) in [5.41, 5.74) is -0.531. The minimum Gasteiger partial charge on any atom is -0.486 e. The fourth-order valence-corrected chi connectivity index (χ4v) is 1.59. The van der Waals surface area contributed by atoms with Gasteiger partial charge in [-0.2, -0.15) is 0 Å². The van der Waals surface area contributed by atoms with Crippen LogP contribution in [0.4, 0.5) is 4.39 Å². The first kappa shape index (κ1) is 10.2. The average molecular weight is 212 g/mol. The minimum absolute atomic E-state index is 0.0980. The van der Waals surface area contributed by atoms with Crippen LogP contribution in [0.15, 0.2) is 12.1 Å². The summed E-state index contributed by atoms with van der Waals surface area (Å²) in [6.45, 7) is 3.95. The highest BCUT2D eigenvalue weighted by Gasteiger charge is 2.28. The molecule has 0 bridgehead atoms. The number of benzene rings is 1. The van der Waals surface area contributed by atoms with Crippen molar-refractivity contribution in [1.82, 2.24) is 0 Å². The summed E-state index contributed by atoms with van der Waals surface area (Å²) in [6.07, 6.45) is 0. The number of halogens is 1. The molecule has 1 aliphatic heterocycles. The normalized spacial score (nSPS) is 15.2. The second-order valence-electron chi connectivity index (χ2n) is 4.01. The Balaban J connectivity index is 2.58. The Morgan fingerprint density at radius 1 is 1.20 bits per heavy atom. The molecule has 1 N–H and O–H groups in total. The second-order valence-corrected chi connectivity index (χ2v) is 4.01. The average Bonchev–Trinajstić information content (AvgIpc) is 2.17. The first-order valence-electron chi connectivity index (χ1n) is 4.81. The Hall–Kier alpha value is -1.29. The van der Waals surface area contributed by atoms with Crippen LogP contribution in [-0.4, -0.2) is 18.3 Å². The van der Waals surface area contributed by atoms with Crippen LogP contribution < -0.4 is 9.47 Å². The maximum atomic E-state index is 13.4. The van der Waals surface area contributed by atoms with Crippen LogP contribution in [0.5, 0.6) is 11.5 Å². The number of aliphatic hydroxyl groups is 1. The summed E-state index contributed by atoms with van der Waals surface area (Å²) in [7, 11) is 0. The molecule has 1 aromatic rings. The van der Waals surface area contributed by atoms with E-state index in [4.69, 9.17) is 9.47 Å². The van der Waals surface area contributed by atoms with Gasteiger partial charge in [0, 0.05) is 5.56 Å². The quantitative estimate of drug-likeness (QED) is 0.771. The number of fused-ring (bicyclic) bond motifs is 1. The number of ether oxygens (including phenoxy) is 2. The molecule has 0 radical (unpaired) electrons. The Morgan fingerprint density at radius 2 is 1.80 bits per heavy atom. The lowest BCUT2D eigenvalue weighted by atomic mass is 9.96. The van der Waals surface area contributed by atoms with Crippen molar-refractivity contribution in [3.8, 4) is 11.5 Å². The molecule has 4 heteroatoms. The molecule has 0 amide bonds. The molecule has 1 heterocycles. The predicted octanol–water partition coefficient (Wildman–Crippen LogP) is 1.82. The van der Waals surface area contributed by atoms with Gasteiger partial charge in [-0.1, -0.05) is 0 Å². The molecule has 0 atom stereocenters. The summed E-state index contributed by atoms with van der Waals surface area (Å²) < 4.78 is 23.9. The van der Waals surface area contributed by atoms with E-state index < -0.39 is 11.4 Å². The molecule has 0 unspecified atom stereocenters. The van der Waals surface area contributed by atoms with Crippen molar-refractivity contribution in [3.63, 3.8) is 0 Å². The van der Waals surface area contributed by atoms with Crippen molar-refractivity contribution in [2.24, 2.45) is 0 Å². The standard InChI is InChI=1S/C11H13FO3/c1-11(2,13)7-3-4-8(12)10-9(7)14-5-6-15-10/h3-4,13H,5-6H2,1-2H3. The summed E-state index contributed by atoms with van der Waals surface area (Å²) >= 11 is 0. The highest BCUT2D eigenvalue weighted by atomic mass is 19.1. The van der Waals surface area contributed by atoms with Crippen molar-refractivity contribution in [2.75, 3.05) is 13.2 Å². The van der Waals surface area contributed by atoms with Gasteiger partial charge in [0.05, 0.1) is 5.60 Å². The van der Waals surface area contributed by atoms with Gasteiger partial charge >= 0.3 is 0 Å². The Morgan fingerprint density at radius 3 is 2.40 bits per heavy atom. The molecule has 1 aromatic carbocycles. The summed E-state index contributed by atoms with van der Waals surface area (Å²) in [5.74, 6) is -0.0488. The molecule has 0 fully saturated rings. The third kappa shape index (κ3) is 1.77. The maximum absolute atomic E-state index is 13.4. The zero-order valence-electron chi connectivity index (χ0n) is 8.71. The van der Waals surface area contributed by atoms with Crippen LogP contribution in [0, 0.1) is 5.82 Å². The van der Waals surface area contributed by atoms with Crippen LogP contribution >= 0.6 is 0 Å². The third-order valence-corrected chi connectivity index (χ3v) is 2.30. The van der Waals surface area contributed by atoms with E-state index in [9.17, 15) is 9.50 Å². The highest BCUT2D eigenvalue weighted by molar-refractivity contribution is 5.50. The van der Waals surface area contributed by atoms with E-state index in [1.165, 1.54) is 12.1 Å². The van der Waals surface area contributed by atoms with Gasteiger partial charge in [-0.25, -0.2) is 4.39 Å². The summed E-state index contributed by atoms with van der Waals surface area (Å²) in [6, 6.07) is 2.80. The summed E-state index contributed by atoms with van der Waals surface area (Å²) in [4.78, 5) is 0. The van der Waals surface area contributed by atoms with Crippen molar-refractivity contribution in [3.05, 3.63) is 23.5 Å². The Bertz CT molecular complexity index is 382. The van der Waals surface area contributed by atoms with Crippen LogP contribution in [0.1, 0.15) is 19.4 Å². The second kappa shape index (κ2) is 3.38. The van der Waals surface area contributed by atoms with E-state index in [1.807, 2.05) is 0 Å². The van der Waals surface area contributed by atoms with Crippen LogP contribution in [0.3, 0.4) is 0 Å². The number of hydrogen-bond donors (Lipinski definition) is 1. The molecule has 2 rings (SSSR count). The van der Waals surface area contributed by atoms with Gasteiger partial charge in [0.25, 0.3) is 0 Å². The van der Waals surface area contributed by atoms with Gasteiger partial charge in [0.1, 0.15) is 13.2 Å². The van der Waals surface area contributed by atoms with Crippen molar-refractivity contribution >= 4 is 0 Å². The predicted molar refractivity (Wildman–Crippen MR) is 52.6 cm³/mol.